The van der Waals surface area contributed by atoms with Crippen molar-refractivity contribution in [3.63, 3.8) is 0 Å². The van der Waals surface area contributed by atoms with E-state index in [1.54, 1.807) is 0 Å². The highest BCUT2D eigenvalue weighted by molar-refractivity contribution is 5.69. The molecule has 0 aliphatic heterocycles. The van der Waals surface area contributed by atoms with Gasteiger partial charge in [0.15, 0.2) is 0 Å². The first-order valence-electron chi connectivity index (χ1n) is 12.0. The lowest BCUT2D eigenvalue weighted by Crippen LogP contribution is -2.15. The number of carbonyl (C=O) groups is 1. The van der Waals surface area contributed by atoms with Gasteiger partial charge in [-0.05, 0) is 6.42 Å². The molecule has 0 radical (unpaired) electrons. The summed E-state index contributed by atoms with van der Waals surface area (Å²) in [6, 6.07) is 0. The van der Waals surface area contributed by atoms with Gasteiger partial charge < -0.3 is 38.3 Å². The maximum absolute atomic E-state index is 11.6. The average molecular weight is 467 g/mol. The topological polar surface area (TPSA) is 102 Å². The molecule has 0 aromatic carbocycles. The van der Waals surface area contributed by atoms with Crippen LogP contribution in [0.1, 0.15) is 51.9 Å². The Morgan fingerprint density at radius 3 is 1.34 bits per heavy atom. The summed E-state index contributed by atoms with van der Waals surface area (Å²) in [4.78, 5) is 11.6. The number of aliphatic hydroxyl groups is 1. The van der Waals surface area contributed by atoms with Gasteiger partial charge in [-0.3, -0.25) is 4.79 Å². The van der Waals surface area contributed by atoms with E-state index < -0.39 is 0 Å². The fourth-order valence-electron chi connectivity index (χ4n) is 2.60. The zero-order chi connectivity index (χ0) is 23.4. The van der Waals surface area contributed by atoms with E-state index in [0.29, 0.717) is 92.3 Å². The minimum absolute atomic E-state index is 0.0277. The molecule has 0 aliphatic rings. The van der Waals surface area contributed by atoms with Crippen LogP contribution < -0.4 is 0 Å². The van der Waals surface area contributed by atoms with Gasteiger partial charge in [0, 0.05) is 6.42 Å². The van der Waals surface area contributed by atoms with Crippen LogP contribution in [0, 0.1) is 0 Å². The van der Waals surface area contributed by atoms with Gasteiger partial charge in [-0.1, -0.05) is 39.0 Å². The molecule has 0 fully saturated rings. The van der Waals surface area contributed by atoms with Gasteiger partial charge in [-0.25, -0.2) is 0 Å². The van der Waals surface area contributed by atoms with Crippen molar-refractivity contribution >= 4 is 5.97 Å². The van der Waals surface area contributed by atoms with Crippen molar-refractivity contribution in [3.05, 3.63) is 0 Å². The van der Waals surface area contributed by atoms with Crippen LogP contribution in [0.4, 0.5) is 0 Å². The summed E-state index contributed by atoms with van der Waals surface area (Å²) in [5.41, 5.74) is 0. The van der Waals surface area contributed by atoms with Gasteiger partial charge in [-0.15, -0.1) is 0 Å². The molecule has 0 rings (SSSR count). The molecule has 0 unspecified atom stereocenters. The van der Waals surface area contributed by atoms with E-state index in [4.69, 9.17) is 38.3 Å². The third-order valence-corrected chi connectivity index (χ3v) is 4.32. The standard InChI is InChI=1S/C23H46O9/c1-2-3-4-5-6-7-8-23(25)32-22-21-31-20-19-30-18-17-29-16-15-28-14-13-27-12-11-26-10-9-24/h24H,2-22H2,1H3. The number of unbranched alkanes of at least 4 members (excludes halogenated alkanes) is 5. The van der Waals surface area contributed by atoms with E-state index in [0.717, 1.165) is 12.8 Å². The first-order chi connectivity index (χ1) is 15.8. The lowest BCUT2D eigenvalue weighted by Gasteiger charge is -2.08. The van der Waals surface area contributed by atoms with Crippen molar-refractivity contribution in [1.29, 1.82) is 0 Å². The number of esters is 1. The molecule has 0 heterocycles. The van der Waals surface area contributed by atoms with Crippen LogP contribution in [0.2, 0.25) is 0 Å². The molecular formula is C23H46O9. The van der Waals surface area contributed by atoms with Crippen LogP contribution >= 0.6 is 0 Å². The molecule has 0 aromatic rings. The molecular weight excluding hydrogens is 420 g/mol. The van der Waals surface area contributed by atoms with Gasteiger partial charge >= 0.3 is 5.97 Å². The number of aliphatic hydroxyl groups excluding tert-OH is 1. The molecule has 0 atom stereocenters. The molecule has 9 heteroatoms. The monoisotopic (exact) mass is 466 g/mol. The first-order valence-corrected chi connectivity index (χ1v) is 12.0. The second kappa shape index (κ2) is 28.2. The van der Waals surface area contributed by atoms with E-state index in [9.17, 15) is 4.79 Å². The van der Waals surface area contributed by atoms with E-state index in [1.807, 2.05) is 0 Å². The molecule has 0 aliphatic carbocycles. The van der Waals surface area contributed by atoms with Crippen LogP contribution in [-0.4, -0.2) is 104 Å². The summed E-state index contributed by atoms with van der Waals surface area (Å²) < 4.78 is 37.1. The quantitative estimate of drug-likeness (QED) is 0.144. The van der Waals surface area contributed by atoms with Crippen molar-refractivity contribution in [2.75, 3.05) is 92.5 Å². The predicted octanol–water partition coefficient (Wildman–Crippen LogP) is 2.37. The normalized spacial score (nSPS) is 11.2. The second-order valence-electron chi connectivity index (χ2n) is 7.14. The molecule has 0 bridgehead atoms. The Bertz CT molecular complexity index is 369. The molecule has 192 valence electrons. The van der Waals surface area contributed by atoms with Crippen LogP contribution in [-0.2, 0) is 38.0 Å². The van der Waals surface area contributed by atoms with Crippen LogP contribution in [0.3, 0.4) is 0 Å². The minimum atomic E-state index is -0.141. The highest BCUT2D eigenvalue weighted by Gasteiger charge is 2.02. The molecule has 0 spiro atoms. The summed E-state index contributed by atoms with van der Waals surface area (Å²) in [5, 5.41) is 8.54. The Balaban J connectivity index is 3.09. The third kappa shape index (κ3) is 27.2. The van der Waals surface area contributed by atoms with Gasteiger partial charge in [-0.2, -0.15) is 0 Å². The molecule has 0 amide bonds. The largest absolute Gasteiger partial charge is 0.463 e. The summed E-state index contributed by atoms with van der Waals surface area (Å²) in [5.74, 6) is -0.141. The number of rotatable bonds is 27. The van der Waals surface area contributed by atoms with Crippen LogP contribution in [0.25, 0.3) is 0 Å². The number of hydrogen-bond acceptors (Lipinski definition) is 9. The molecule has 0 saturated heterocycles. The van der Waals surface area contributed by atoms with Gasteiger partial charge in [0.05, 0.1) is 85.9 Å². The fourth-order valence-corrected chi connectivity index (χ4v) is 2.60. The average Bonchev–Trinajstić information content (AvgIpc) is 2.80. The highest BCUT2D eigenvalue weighted by Crippen LogP contribution is 2.07. The summed E-state index contributed by atoms with van der Waals surface area (Å²) in [7, 11) is 0. The fraction of sp³-hybridized carbons (Fsp3) is 0.957. The Labute approximate surface area is 194 Å². The number of ether oxygens (including phenoxy) is 7. The maximum atomic E-state index is 11.6. The molecule has 9 nitrogen and oxygen atoms in total. The lowest BCUT2D eigenvalue weighted by molar-refractivity contribution is -0.145. The molecule has 1 N–H and O–H groups in total. The van der Waals surface area contributed by atoms with Crippen molar-refractivity contribution in [2.24, 2.45) is 0 Å². The van der Waals surface area contributed by atoms with Crippen molar-refractivity contribution < 1.29 is 43.1 Å². The Morgan fingerprint density at radius 1 is 0.531 bits per heavy atom. The Hall–Kier alpha value is -0.810. The molecule has 0 saturated carbocycles. The SMILES string of the molecule is CCCCCCCCC(=O)OCCOCCOCCOCCOCCOCCOCCO. The van der Waals surface area contributed by atoms with Gasteiger partial charge in [0.1, 0.15) is 6.61 Å². The molecule has 0 aromatic heterocycles. The minimum Gasteiger partial charge on any atom is -0.463 e. The Morgan fingerprint density at radius 2 is 0.906 bits per heavy atom. The summed E-state index contributed by atoms with van der Waals surface area (Å²) in [6.07, 6.45) is 7.45. The van der Waals surface area contributed by atoms with Gasteiger partial charge in [0.2, 0.25) is 0 Å². The highest BCUT2D eigenvalue weighted by atomic mass is 16.6. The van der Waals surface area contributed by atoms with Crippen molar-refractivity contribution in [1.82, 2.24) is 0 Å². The van der Waals surface area contributed by atoms with E-state index in [-0.39, 0.29) is 12.6 Å². The maximum Gasteiger partial charge on any atom is 0.305 e. The number of hydrogen-bond donors (Lipinski definition) is 1. The zero-order valence-electron chi connectivity index (χ0n) is 20.1. The third-order valence-electron chi connectivity index (χ3n) is 4.32. The van der Waals surface area contributed by atoms with E-state index >= 15 is 0 Å². The molecule has 32 heavy (non-hydrogen) atoms. The van der Waals surface area contributed by atoms with Crippen LogP contribution in [0.5, 0.6) is 0 Å². The number of carbonyl (C=O) groups excluding carboxylic acids is 1. The smallest absolute Gasteiger partial charge is 0.305 e. The lowest BCUT2D eigenvalue weighted by atomic mass is 10.1. The second-order valence-corrected chi connectivity index (χ2v) is 7.14. The van der Waals surface area contributed by atoms with E-state index in [2.05, 4.69) is 6.92 Å². The summed E-state index contributed by atoms with van der Waals surface area (Å²) in [6.45, 7) is 8.15. The van der Waals surface area contributed by atoms with Crippen molar-refractivity contribution in [2.45, 2.75) is 51.9 Å². The van der Waals surface area contributed by atoms with Crippen LogP contribution in [0.15, 0.2) is 0 Å². The predicted molar refractivity (Wildman–Crippen MR) is 121 cm³/mol. The van der Waals surface area contributed by atoms with E-state index in [1.165, 1.54) is 25.7 Å². The van der Waals surface area contributed by atoms with Crippen molar-refractivity contribution in [3.8, 4) is 0 Å². The van der Waals surface area contributed by atoms with Gasteiger partial charge in [0.25, 0.3) is 0 Å². The Kier molecular flexibility index (Phi) is 27.5. The first kappa shape index (κ1) is 31.2. The zero-order valence-corrected chi connectivity index (χ0v) is 20.1. The summed E-state index contributed by atoms with van der Waals surface area (Å²) >= 11 is 0.